The van der Waals surface area contributed by atoms with E-state index in [2.05, 4.69) is 26.0 Å². The van der Waals surface area contributed by atoms with E-state index in [1.165, 1.54) is 5.56 Å². The van der Waals surface area contributed by atoms with E-state index in [1.807, 2.05) is 19.1 Å². The molecule has 2 heterocycles. The van der Waals surface area contributed by atoms with Crippen molar-refractivity contribution < 1.29 is 19.1 Å². The summed E-state index contributed by atoms with van der Waals surface area (Å²) in [6.07, 6.45) is 0.550. The highest BCUT2D eigenvalue weighted by atomic mass is 16.6. The molecule has 4 bridgehead atoms. The van der Waals surface area contributed by atoms with Gasteiger partial charge in [0.25, 0.3) is 0 Å². The van der Waals surface area contributed by atoms with Crippen molar-refractivity contribution in [2.24, 2.45) is 11.3 Å². The van der Waals surface area contributed by atoms with Gasteiger partial charge in [-0.05, 0) is 23.5 Å². The number of fused-ring (bicyclic) bond motifs is 2. The van der Waals surface area contributed by atoms with E-state index in [9.17, 15) is 9.59 Å². The number of carbonyl (C=O) groups excluding carboxylic acids is 2. The van der Waals surface area contributed by atoms with Gasteiger partial charge in [-0.3, -0.25) is 9.69 Å². The molecule has 1 aromatic carbocycles. The number of nitrogens with zero attached hydrogens (tertiary/aromatic N) is 1. The first-order valence-corrected chi connectivity index (χ1v) is 9.40. The van der Waals surface area contributed by atoms with Crippen molar-refractivity contribution in [1.29, 1.82) is 0 Å². The van der Waals surface area contributed by atoms with Crippen molar-refractivity contribution >= 4 is 11.9 Å². The Morgan fingerprint density at radius 3 is 2.69 bits per heavy atom. The van der Waals surface area contributed by atoms with Gasteiger partial charge in [-0.1, -0.05) is 38.1 Å². The van der Waals surface area contributed by atoms with Crippen LogP contribution in [0.25, 0.3) is 0 Å². The molecule has 1 saturated heterocycles. The third-order valence-electron chi connectivity index (χ3n) is 6.24. The van der Waals surface area contributed by atoms with Gasteiger partial charge < -0.3 is 9.47 Å². The summed E-state index contributed by atoms with van der Waals surface area (Å²) in [5.41, 5.74) is 3.05. The van der Waals surface area contributed by atoms with Crippen LogP contribution in [0.2, 0.25) is 0 Å². The fourth-order valence-corrected chi connectivity index (χ4v) is 5.44. The maximum Gasteiger partial charge on any atom is 0.413 e. The number of ether oxygens (including phenoxy) is 2. The van der Waals surface area contributed by atoms with E-state index in [-0.39, 0.29) is 41.4 Å². The Bertz CT molecular complexity index is 855. The zero-order valence-corrected chi connectivity index (χ0v) is 15.3. The van der Waals surface area contributed by atoms with Gasteiger partial charge in [0.15, 0.2) is 12.0 Å². The van der Waals surface area contributed by atoms with Crippen LogP contribution in [0.3, 0.4) is 0 Å². The van der Waals surface area contributed by atoms with Gasteiger partial charge in [0.1, 0.15) is 5.76 Å². The molecule has 1 aromatic rings. The van der Waals surface area contributed by atoms with Crippen molar-refractivity contribution in [2.45, 2.75) is 51.8 Å². The van der Waals surface area contributed by atoms with Crippen LogP contribution in [0.1, 0.15) is 56.7 Å². The van der Waals surface area contributed by atoms with E-state index < -0.39 is 0 Å². The fraction of sp³-hybridized carbons (Fsp3) is 0.524. The molecule has 0 spiro atoms. The maximum absolute atomic E-state index is 13.0. The highest BCUT2D eigenvalue weighted by Gasteiger charge is 2.65. The first kappa shape index (κ1) is 15.9. The van der Waals surface area contributed by atoms with Crippen LogP contribution in [0.5, 0.6) is 0 Å². The molecule has 0 N–H and O–H groups in total. The lowest BCUT2D eigenvalue weighted by Gasteiger charge is -2.40. The number of hydrogen-bond donors (Lipinski definition) is 0. The third-order valence-corrected chi connectivity index (χ3v) is 6.24. The van der Waals surface area contributed by atoms with Crippen molar-refractivity contribution in [3.05, 3.63) is 46.7 Å². The van der Waals surface area contributed by atoms with Crippen molar-refractivity contribution in [1.82, 2.24) is 4.90 Å². The SMILES string of the molecule is CCOC(=O)N1[C@H]2OC3=C(C(=O)CC(C)(C)C3)[C@@H]3[C@H]2c2ccccc2[C@@H]31. The number of carbonyl (C=O) groups is 2. The topological polar surface area (TPSA) is 55.8 Å². The summed E-state index contributed by atoms with van der Waals surface area (Å²) in [7, 11) is 0. The summed E-state index contributed by atoms with van der Waals surface area (Å²) in [6.45, 7) is 6.33. The Labute approximate surface area is 153 Å². The predicted octanol–water partition coefficient (Wildman–Crippen LogP) is 3.91. The molecule has 0 aromatic heterocycles. The number of ketones is 1. The molecular weight excluding hydrogens is 330 g/mol. The monoisotopic (exact) mass is 353 g/mol. The molecule has 5 nitrogen and oxygen atoms in total. The molecule has 2 aliphatic carbocycles. The van der Waals surface area contributed by atoms with Crippen LogP contribution in [0.4, 0.5) is 4.79 Å². The molecule has 0 radical (unpaired) electrons. The average Bonchev–Trinajstić information content (AvgIpc) is 3.01. The van der Waals surface area contributed by atoms with Gasteiger partial charge in [-0.15, -0.1) is 0 Å². The van der Waals surface area contributed by atoms with Crippen molar-refractivity contribution in [3.8, 4) is 0 Å². The standard InChI is InChI=1S/C21H23NO4/c1-4-25-20(24)22-18-12-8-6-5-7-11(12)15-17(18)16-13(23)9-21(2,3)10-14(16)26-19(15)22/h5-8,15,17-19H,4,9-10H2,1-3H3/t15-,17+,18+,19+/m1/s1. The normalized spacial score (nSPS) is 32.9. The largest absolute Gasteiger partial charge is 0.474 e. The number of benzene rings is 1. The predicted molar refractivity (Wildman–Crippen MR) is 94.2 cm³/mol. The molecular formula is C21H23NO4. The summed E-state index contributed by atoms with van der Waals surface area (Å²) in [6, 6.07) is 8.02. The minimum atomic E-state index is -0.376. The first-order chi connectivity index (χ1) is 12.4. The minimum Gasteiger partial charge on any atom is -0.474 e. The van der Waals surface area contributed by atoms with E-state index in [0.29, 0.717) is 13.0 Å². The summed E-state index contributed by atoms with van der Waals surface area (Å²) in [4.78, 5) is 27.5. The Kier molecular flexibility index (Phi) is 3.13. The molecule has 0 unspecified atom stereocenters. The molecule has 136 valence electrons. The molecule has 4 atom stereocenters. The highest BCUT2D eigenvalue weighted by molar-refractivity contribution is 5.99. The van der Waals surface area contributed by atoms with Crippen LogP contribution in [-0.2, 0) is 14.3 Å². The van der Waals surface area contributed by atoms with E-state index in [4.69, 9.17) is 9.47 Å². The van der Waals surface area contributed by atoms with Gasteiger partial charge in [0.05, 0.1) is 18.6 Å². The number of hydrogen-bond acceptors (Lipinski definition) is 4. The van der Waals surface area contributed by atoms with Gasteiger partial charge in [-0.25, -0.2) is 4.79 Å². The highest BCUT2D eigenvalue weighted by Crippen LogP contribution is 2.65. The second-order valence-corrected chi connectivity index (χ2v) is 8.52. The van der Waals surface area contributed by atoms with Crippen LogP contribution in [0, 0.1) is 11.3 Å². The number of rotatable bonds is 1. The maximum atomic E-state index is 13.0. The number of amides is 1. The van der Waals surface area contributed by atoms with Gasteiger partial charge in [0, 0.05) is 24.3 Å². The molecule has 26 heavy (non-hydrogen) atoms. The number of likely N-dealkylation sites (tertiary alicyclic amines) is 1. The smallest absolute Gasteiger partial charge is 0.413 e. The molecule has 2 aliphatic heterocycles. The van der Waals surface area contributed by atoms with Gasteiger partial charge in [-0.2, -0.15) is 0 Å². The molecule has 5 heteroatoms. The molecule has 1 fully saturated rings. The van der Waals surface area contributed by atoms with Crippen molar-refractivity contribution in [2.75, 3.05) is 6.61 Å². The lowest BCUT2D eigenvalue weighted by atomic mass is 9.70. The summed E-state index contributed by atoms with van der Waals surface area (Å²) >= 11 is 0. The van der Waals surface area contributed by atoms with Gasteiger partial charge >= 0.3 is 6.09 Å². The lowest BCUT2D eigenvalue weighted by Crippen LogP contribution is -2.44. The Morgan fingerprint density at radius 1 is 1.23 bits per heavy atom. The number of allylic oxidation sites excluding steroid dienone is 1. The second-order valence-electron chi connectivity index (χ2n) is 8.52. The lowest BCUT2D eigenvalue weighted by molar-refractivity contribution is -0.120. The first-order valence-electron chi connectivity index (χ1n) is 9.40. The van der Waals surface area contributed by atoms with E-state index in [1.54, 1.807) is 4.90 Å². The van der Waals surface area contributed by atoms with Crippen LogP contribution < -0.4 is 0 Å². The Hall–Kier alpha value is -2.30. The zero-order chi connectivity index (χ0) is 18.2. The summed E-state index contributed by atoms with van der Waals surface area (Å²) in [5, 5.41) is 0. The van der Waals surface area contributed by atoms with Crippen LogP contribution >= 0.6 is 0 Å². The van der Waals surface area contributed by atoms with Crippen LogP contribution in [-0.4, -0.2) is 29.6 Å². The zero-order valence-electron chi connectivity index (χ0n) is 15.3. The molecule has 5 rings (SSSR count). The third kappa shape index (κ3) is 1.91. The van der Waals surface area contributed by atoms with Crippen molar-refractivity contribution in [3.63, 3.8) is 0 Å². The van der Waals surface area contributed by atoms with E-state index in [0.717, 1.165) is 23.3 Å². The van der Waals surface area contributed by atoms with Crippen LogP contribution in [0.15, 0.2) is 35.6 Å². The summed E-state index contributed by atoms with van der Waals surface area (Å²) in [5.74, 6) is 0.981. The average molecular weight is 353 g/mol. The summed E-state index contributed by atoms with van der Waals surface area (Å²) < 4.78 is 11.7. The molecule has 1 amide bonds. The quantitative estimate of drug-likeness (QED) is 0.768. The number of Topliss-reactive ketones (excluding diaryl/α,β-unsaturated/α-hetero) is 1. The second kappa shape index (κ2) is 5.12. The Balaban J connectivity index is 1.66. The molecule has 4 aliphatic rings. The minimum absolute atomic E-state index is 0.00541. The molecule has 0 saturated carbocycles. The van der Waals surface area contributed by atoms with Gasteiger partial charge in [0.2, 0.25) is 0 Å². The Morgan fingerprint density at radius 2 is 1.96 bits per heavy atom. The fourth-order valence-electron chi connectivity index (χ4n) is 5.44. The van der Waals surface area contributed by atoms with E-state index >= 15 is 0 Å².